The first-order valence-electron chi connectivity index (χ1n) is 9.22. The van der Waals surface area contributed by atoms with Crippen molar-refractivity contribution in [2.75, 3.05) is 6.54 Å². The van der Waals surface area contributed by atoms with Crippen LogP contribution in [-0.2, 0) is 24.8 Å². The minimum Gasteiger partial charge on any atom is -0.338 e. The zero-order valence-electron chi connectivity index (χ0n) is 15.0. The van der Waals surface area contributed by atoms with E-state index < -0.39 is 0 Å². The van der Waals surface area contributed by atoms with Gasteiger partial charge in [0.25, 0.3) is 0 Å². The third kappa shape index (κ3) is 3.17. The Morgan fingerprint density at radius 2 is 2.00 bits per heavy atom. The smallest absolute Gasteiger partial charge is 0.225 e. The summed E-state index contributed by atoms with van der Waals surface area (Å²) in [5, 5.41) is 4.25. The number of amides is 1. The van der Waals surface area contributed by atoms with Gasteiger partial charge >= 0.3 is 0 Å². The van der Waals surface area contributed by atoms with Crippen LogP contribution in [0.15, 0.2) is 18.7 Å². The van der Waals surface area contributed by atoms with Crippen LogP contribution in [0.25, 0.3) is 11.3 Å². The second kappa shape index (κ2) is 6.58. The summed E-state index contributed by atoms with van der Waals surface area (Å²) < 4.78 is 1.78. The van der Waals surface area contributed by atoms with Crippen molar-refractivity contribution >= 4 is 5.91 Å². The Hall–Kier alpha value is -2.24. The second-order valence-electron chi connectivity index (χ2n) is 7.52. The topological polar surface area (TPSA) is 63.9 Å². The van der Waals surface area contributed by atoms with Gasteiger partial charge in [0.1, 0.15) is 6.33 Å². The molecule has 132 valence electrons. The van der Waals surface area contributed by atoms with Gasteiger partial charge in [-0.05, 0) is 31.6 Å². The molecule has 0 spiro atoms. The summed E-state index contributed by atoms with van der Waals surface area (Å²) in [7, 11) is 1.90. The summed E-state index contributed by atoms with van der Waals surface area (Å²) in [6.45, 7) is 3.67. The summed E-state index contributed by atoms with van der Waals surface area (Å²) in [4.78, 5) is 24.0. The predicted octanol–water partition coefficient (Wildman–Crippen LogP) is 2.59. The van der Waals surface area contributed by atoms with Crippen molar-refractivity contribution in [1.82, 2.24) is 24.6 Å². The van der Waals surface area contributed by atoms with Gasteiger partial charge in [-0.15, -0.1) is 0 Å². The van der Waals surface area contributed by atoms with E-state index in [0.29, 0.717) is 12.5 Å². The van der Waals surface area contributed by atoms with Crippen LogP contribution in [-0.4, -0.2) is 37.1 Å². The predicted molar refractivity (Wildman–Crippen MR) is 94.5 cm³/mol. The number of fused-ring (bicyclic) bond motifs is 1. The maximum atomic E-state index is 13.0. The molecule has 25 heavy (non-hydrogen) atoms. The van der Waals surface area contributed by atoms with E-state index in [9.17, 15) is 4.79 Å². The van der Waals surface area contributed by atoms with E-state index >= 15 is 0 Å². The molecule has 0 unspecified atom stereocenters. The van der Waals surface area contributed by atoms with Crippen LogP contribution in [0.4, 0.5) is 0 Å². The molecule has 4 rings (SSSR count). The van der Waals surface area contributed by atoms with Crippen molar-refractivity contribution in [3.63, 3.8) is 0 Å². The van der Waals surface area contributed by atoms with Gasteiger partial charge in [-0.3, -0.25) is 9.48 Å². The molecule has 1 aliphatic carbocycles. The van der Waals surface area contributed by atoms with E-state index in [-0.39, 0.29) is 5.92 Å². The molecule has 2 aliphatic rings. The van der Waals surface area contributed by atoms with Crippen LogP contribution < -0.4 is 0 Å². The van der Waals surface area contributed by atoms with Crippen LogP contribution in [0.1, 0.15) is 43.9 Å². The SMILES string of the molecule is CC1CCC(C(=O)N2CCc3ncnc(-c4cnn(C)c4)c3C2)CC1. The fourth-order valence-corrected chi connectivity index (χ4v) is 4.09. The van der Waals surface area contributed by atoms with E-state index in [2.05, 4.69) is 22.0 Å². The lowest BCUT2D eigenvalue weighted by Crippen LogP contribution is -2.41. The Morgan fingerprint density at radius 1 is 1.20 bits per heavy atom. The Morgan fingerprint density at radius 3 is 2.72 bits per heavy atom. The number of rotatable bonds is 2. The number of aromatic nitrogens is 4. The van der Waals surface area contributed by atoms with Gasteiger partial charge in [0.05, 0.1) is 17.6 Å². The molecule has 6 nitrogen and oxygen atoms in total. The number of carbonyl (C=O) groups is 1. The highest BCUT2D eigenvalue weighted by Gasteiger charge is 2.31. The van der Waals surface area contributed by atoms with Gasteiger partial charge in [0.2, 0.25) is 5.91 Å². The maximum Gasteiger partial charge on any atom is 0.225 e. The minimum atomic E-state index is 0.198. The summed E-state index contributed by atoms with van der Waals surface area (Å²) in [6.07, 6.45) is 10.6. The molecule has 0 atom stereocenters. The molecule has 0 bridgehead atoms. The highest BCUT2D eigenvalue weighted by molar-refractivity contribution is 5.79. The average Bonchev–Trinajstić information content (AvgIpc) is 3.07. The molecule has 1 aliphatic heterocycles. The van der Waals surface area contributed by atoms with Gasteiger partial charge in [-0.1, -0.05) is 6.92 Å². The quantitative estimate of drug-likeness (QED) is 0.843. The standard InChI is InChI=1S/C19H25N5O/c1-13-3-5-14(6-4-13)19(25)24-8-7-17-16(11-24)18(21-12-20-17)15-9-22-23(2)10-15/h9-10,12-14H,3-8,11H2,1-2H3. The third-order valence-electron chi connectivity index (χ3n) is 5.66. The molecule has 0 aromatic carbocycles. The molecule has 0 saturated heterocycles. The van der Waals surface area contributed by atoms with Crippen LogP contribution >= 0.6 is 0 Å². The second-order valence-corrected chi connectivity index (χ2v) is 7.52. The number of nitrogens with zero attached hydrogens (tertiary/aromatic N) is 5. The fourth-order valence-electron chi connectivity index (χ4n) is 4.09. The highest BCUT2D eigenvalue weighted by Crippen LogP contribution is 2.32. The van der Waals surface area contributed by atoms with Gasteiger partial charge < -0.3 is 4.90 Å². The Balaban J connectivity index is 1.57. The van der Waals surface area contributed by atoms with Crippen molar-refractivity contribution in [1.29, 1.82) is 0 Å². The van der Waals surface area contributed by atoms with Crippen LogP contribution in [0.2, 0.25) is 0 Å². The van der Waals surface area contributed by atoms with Crippen molar-refractivity contribution in [3.05, 3.63) is 30.0 Å². The summed E-state index contributed by atoms with van der Waals surface area (Å²) in [5.41, 5.74) is 4.05. The molecule has 1 saturated carbocycles. The summed E-state index contributed by atoms with van der Waals surface area (Å²) >= 11 is 0. The van der Waals surface area contributed by atoms with E-state index in [4.69, 9.17) is 0 Å². The normalized spacial score (nSPS) is 23.4. The van der Waals surface area contributed by atoms with Crippen molar-refractivity contribution in [2.24, 2.45) is 18.9 Å². The van der Waals surface area contributed by atoms with Crippen molar-refractivity contribution in [2.45, 2.75) is 45.6 Å². The third-order valence-corrected chi connectivity index (χ3v) is 5.66. The molecular weight excluding hydrogens is 314 g/mol. The van der Waals surface area contributed by atoms with E-state index in [1.54, 1.807) is 11.0 Å². The van der Waals surface area contributed by atoms with Gasteiger partial charge in [-0.25, -0.2) is 9.97 Å². The Kier molecular flexibility index (Phi) is 4.27. The number of aryl methyl sites for hydroxylation is 1. The highest BCUT2D eigenvalue weighted by atomic mass is 16.2. The number of hydrogen-bond donors (Lipinski definition) is 0. The fraction of sp³-hybridized carbons (Fsp3) is 0.579. The molecular formula is C19H25N5O. The average molecular weight is 339 g/mol. The van der Waals surface area contributed by atoms with E-state index in [1.807, 2.05) is 24.3 Å². The minimum absolute atomic E-state index is 0.198. The molecule has 0 radical (unpaired) electrons. The molecule has 0 N–H and O–H groups in total. The largest absolute Gasteiger partial charge is 0.338 e. The first kappa shape index (κ1) is 16.2. The van der Waals surface area contributed by atoms with Crippen molar-refractivity contribution < 1.29 is 4.79 Å². The van der Waals surface area contributed by atoms with Crippen LogP contribution in [0.5, 0.6) is 0 Å². The van der Waals surface area contributed by atoms with Gasteiger partial charge in [-0.2, -0.15) is 5.10 Å². The van der Waals surface area contributed by atoms with Crippen molar-refractivity contribution in [3.8, 4) is 11.3 Å². The molecule has 6 heteroatoms. The Labute approximate surface area is 148 Å². The molecule has 3 heterocycles. The lowest BCUT2D eigenvalue weighted by molar-refractivity contribution is -0.137. The summed E-state index contributed by atoms with van der Waals surface area (Å²) in [6, 6.07) is 0. The van der Waals surface area contributed by atoms with Gasteiger partial charge in [0.15, 0.2) is 0 Å². The first-order chi connectivity index (χ1) is 12.1. The van der Waals surface area contributed by atoms with Crippen LogP contribution in [0, 0.1) is 11.8 Å². The lowest BCUT2D eigenvalue weighted by Gasteiger charge is -2.34. The molecule has 2 aromatic rings. The van der Waals surface area contributed by atoms with Gasteiger partial charge in [0, 0.05) is 49.8 Å². The molecule has 2 aromatic heterocycles. The Bertz CT molecular complexity index is 776. The number of carbonyl (C=O) groups excluding carboxylic acids is 1. The lowest BCUT2D eigenvalue weighted by atomic mass is 9.82. The van der Waals surface area contributed by atoms with E-state index in [0.717, 1.165) is 54.2 Å². The monoisotopic (exact) mass is 339 g/mol. The molecule has 1 fully saturated rings. The van der Waals surface area contributed by atoms with E-state index in [1.165, 1.54) is 12.8 Å². The maximum absolute atomic E-state index is 13.0. The van der Waals surface area contributed by atoms with Crippen LogP contribution in [0.3, 0.4) is 0 Å². The molecule has 1 amide bonds. The summed E-state index contributed by atoms with van der Waals surface area (Å²) in [5.74, 6) is 1.28. The number of hydrogen-bond acceptors (Lipinski definition) is 4. The zero-order chi connectivity index (χ0) is 17.4. The first-order valence-corrected chi connectivity index (χ1v) is 9.22. The zero-order valence-corrected chi connectivity index (χ0v) is 15.0.